The Morgan fingerprint density at radius 3 is 0.860 bits per heavy atom. The van der Waals surface area contributed by atoms with Crippen molar-refractivity contribution in [3.63, 3.8) is 0 Å². The molecule has 16 nitrogen and oxygen atoms in total. The van der Waals surface area contributed by atoms with E-state index in [1.54, 1.807) is 0 Å². The largest absolute Gasteiger partial charge is 0.444 e. The Morgan fingerprint density at radius 2 is 0.640 bits per heavy atom. The summed E-state index contributed by atoms with van der Waals surface area (Å²) in [7, 11) is 0. The van der Waals surface area contributed by atoms with Gasteiger partial charge in [0.15, 0.2) is 0 Å². The maximum Gasteiger partial charge on any atom is 0.407 e. The minimum Gasteiger partial charge on any atom is -0.444 e. The van der Waals surface area contributed by atoms with Gasteiger partial charge < -0.3 is 71.6 Å². The van der Waals surface area contributed by atoms with Crippen LogP contribution in [0.3, 0.4) is 0 Å². The highest BCUT2D eigenvalue weighted by Gasteiger charge is 2.15. The van der Waals surface area contributed by atoms with Crippen molar-refractivity contribution in [3.8, 4) is 12.3 Å². The van der Waals surface area contributed by atoms with Crippen molar-refractivity contribution in [2.75, 3.05) is 178 Å². The van der Waals surface area contributed by atoms with E-state index in [2.05, 4.69) is 11.2 Å². The average Bonchev–Trinajstić information content (AvgIpc) is 3.08. The Kier molecular flexibility index (Phi) is 38.7. The summed E-state index contributed by atoms with van der Waals surface area (Å²) in [4.78, 5) is 11.5. The number of amides is 1. The second kappa shape index (κ2) is 40.1. The molecular formula is C34H65NO15. The number of carbonyl (C=O) groups is 1. The SMILES string of the molecule is C#CCOCCOCCOCCOCCOCCOCCOCCOCCOCCOCCOCCOCCOCCNC(=O)OC(C)(C)C. The van der Waals surface area contributed by atoms with Gasteiger partial charge in [0.1, 0.15) is 12.2 Å². The molecule has 0 aromatic carbocycles. The van der Waals surface area contributed by atoms with Crippen LogP contribution in [-0.4, -0.2) is 190 Å². The molecule has 0 aliphatic carbocycles. The van der Waals surface area contributed by atoms with Gasteiger partial charge in [-0.25, -0.2) is 4.79 Å². The number of hydrogen-bond acceptors (Lipinski definition) is 15. The fourth-order valence-corrected chi connectivity index (χ4v) is 3.31. The molecule has 1 N–H and O–H groups in total. The first kappa shape index (κ1) is 48.3. The Morgan fingerprint density at radius 1 is 0.420 bits per heavy atom. The van der Waals surface area contributed by atoms with Crippen molar-refractivity contribution in [1.29, 1.82) is 0 Å². The van der Waals surface area contributed by atoms with E-state index < -0.39 is 11.7 Å². The molecule has 0 saturated heterocycles. The van der Waals surface area contributed by atoms with Gasteiger partial charge in [0.05, 0.1) is 165 Å². The summed E-state index contributed by atoms with van der Waals surface area (Å²) in [6.07, 6.45) is 4.63. The molecule has 0 saturated carbocycles. The predicted molar refractivity (Wildman–Crippen MR) is 184 cm³/mol. The van der Waals surface area contributed by atoms with E-state index in [0.717, 1.165) is 0 Å². The number of terminal acetylenes is 1. The molecule has 0 fully saturated rings. The molecule has 0 aliphatic rings. The second-order valence-electron chi connectivity index (χ2n) is 11.0. The van der Waals surface area contributed by atoms with Crippen LogP contribution in [0, 0.1) is 12.3 Å². The molecular weight excluding hydrogens is 662 g/mol. The Bertz CT molecular complexity index is 736. The highest BCUT2D eigenvalue weighted by molar-refractivity contribution is 5.67. The van der Waals surface area contributed by atoms with Crippen molar-refractivity contribution in [1.82, 2.24) is 5.32 Å². The molecule has 296 valence electrons. The van der Waals surface area contributed by atoms with Crippen molar-refractivity contribution < 1.29 is 71.1 Å². The molecule has 16 heteroatoms. The van der Waals surface area contributed by atoms with Gasteiger partial charge in [-0.1, -0.05) is 5.92 Å². The van der Waals surface area contributed by atoms with Crippen LogP contribution in [0.4, 0.5) is 4.79 Å². The van der Waals surface area contributed by atoms with E-state index in [9.17, 15) is 4.79 Å². The third-order valence-corrected chi connectivity index (χ3v) is 5.56. The summed E-state index contributed by atoms with van der Waals surface area (Å²) < 4.78 is 75.5. The second-order valence-corrected chi connectivity index (χ2v) is 11.0. The molecule has 0 radical (unpaired) electrons. The minimum atomic E-state index is -0.514. The predicted octanol–water partition coefficient (Wildman–Crippen LogP) is 1.36. The maximum atomic E-state index is 11.5. The standard InChI is InChI=1S/C34H65NO15/c1-5-7-37-9-11-39-13-15-41-17-19-43-21-23-45-25-27-47-29-31-49-32-30-48-28-26-46-24-22-44-20-18-42-16-14-40-12-10-38-8-6-35-33(36)50-34(2,3)4/h1H,6-32H2,2-4H3,(H,35,36). The first-order chi connectivity index (χ1) is 24.5. The molecule has 0 bridgehead atoms. The summed E-state index contributed by atoms with van der Waals surface area (Å²) in [6, 6.07) is 0. The van der Waals surface area contributed by atoms with Gasteiger partial charge in [-0.05, 0) is 20.8 Å². The van der Waals surface area contributed by atoms with Crippen molar-refractivity contribution >= 4 is 6.09 Å². The summed E-state index contributed by atoms with van der Waals surface area (Å²) >= 11 is 0. The van der Waals surface area contributed by atoms with Gasteiger partial charge in [0.2, 0.25) is 0 Å². The highest BCUT2D eigenvalue weighted by atomic mass is 16.6. The summed E-state index contributed by atoms with van der Waals surface area (Å²) in [5, 5.41) is 2.63. The smallest absolute Gasteiger partial charge is 0.407 e. The van der Waals surface area contributed by atoms with Crippen LogP contribution in [0.2, 0.25) is 0 Å². The highest BCUT2D eigenvalue weighted by Crippen LogP contribution is 2.06. The van der Waals surface area contributed by atoms with Crippen LogP contribution >= 0.6 is 0 Å². The van der Waals surface area contributed by atoms with Crippen LogP contribution in [0.1, 0.15) is 20.8 Å². The Balaban J connectivity index is 3.09. The van der Waals surface area contributed by atoms with E-state index in [4.69, 9.17) is 72.7 Å². The van der Waals surface area contributed by atoms with Crippen LogP contribution in [0.25, 0.3) is 0 Å². The van der Waals surface area contributed by atoms with E-state index in [0.29, 0.717) is 178 Å². The summed E-state index contributed by atoms with van der Waals surface area (Å²) in [5.74, 6) is 2.40. The molecule has 0 aliphatic heterocycles. The molecule has 0 aromatic rings. The molecule has 50 heavy (non-hydrogen) atoms. The van der Waals surface area contributed by atoms with E-state index in [1.807, 2.05) is 20.8 Å². The lowest BCUT2D eigenvalue weighted by Crippen LogP contribution is -2.34. The van der Waals surface area contributed by atoms with E-state index in [-0.39, 0.29) is 0 Å². The van der Waals surface area contributed by atoms with Crippen LogP contribution < -0.4 is 5.32 Å². The zero-order valence-electron chi connectivity index (χ0n) is 30.8. The first-order valence-corrected chi connectivity index (χ1v) is 17.4. The summed E-state index contributed by atoms with van der Waals surface area (Å²) in [6.45, 7) is 18.3. The van der Waals surface area contributed by atoms with E-state index in [1.165, 1.54) is 0 Å². The fraction of sp³-hybridized carbons (Fsp3) is 0.912. The van der Waals surface area contributed by atoms with Gasteiger partial charge >= 0.3 is 6.09 Å². The molecule has 0 aromatic heterocycles. The number of nitrogens with one attached hydrogen (secondary N) is 1. The zero-order chi connectivity index (χ0) is 36.5. The number of alkyl carbamates (subject to hydrolysis) is 1. The van der Waals surface area contributed by atoms with Gasteiger partial charge in [0.25, 0.3) is 0 Å². The monoisotopic (exact) mass is 727 g/mol. The first-order valence-electron chi connectivity index (χ1n) is 17.4. The lowest BCUT2D eigenvalue weighted by Gasteiger charge is -2.19. The molecule has 1 amide bonds. The normalized spacial score (nSPS) is 11.6. The van der Waals surface area contributed by atoms with Gasteiger partial charge in [0, 0.05) is 6.54 Å². The minimum absolute atomic E-state index is 0.303. The van der Waals surface area contributed by atoms with E-state index >= 15 is 0 Å². The van der Waals surface area contributed by atoms with Gasteiger partial charge in [-0.15, -0.1) is 6.42 Å². The lowest BCUT2D eigenvalue weighted by molar-refractivity contribution is -0.0288. The number of carbonyl (C=O) groups excluding carboxylic acids is 1. The van der Waals surface area contributed by atoms with Crippen molar-refractivity contribution in [3.05, 3.63) is 0 Å². The zero-order valence-corrected chi connectivity index (χ0v) is 30.8. The van der Waals surface area contributed by atoms with Crippen LogP contribution in [-0.2, 0) is 66.3 Å². The quantitative estimate of drug-likeness (QED) is 0.0712. The average molecular weight is 728 g/mol. The Labute approximate surface area is 299 Å². The lowest BCUT2D eigenvalue weighted by atomic mass is 10.2. The Hall–Kier alpha value is -1.69. The third kappa shape index (κ3) is 44.3. The number of rotatable bonds is 40. The molecule has 0 rings (SSSR count). The van der Waals surface area contributed by atoms with Gasteiger partial charge in [-0.3, -0.25) is 0 Å². The van der Waals surface area contributed by atoms with Crippen molar-refractivity contribution in [2.24, 2.45) is 0 Å². The fourth-order valence-electron chi connectivity index (χ4n) is 3.31. The molecule has 0 spiro atoms. The number of hydrogen-bond donors (Lipinski definition) is 1. The van der Waals surface area contributed by atoms with Crippen molar-refractivity contribution in [2.45, 2.75) is 26.4 Å². The van der Waals surface area contributed by atoms with Gasteiger partial charge in [-0.2, -0.15) is 0 Å². The topological polar surface area (TPSA) is 158 Å². The summed E-state index contributed by atoms with van der Waals surface area (Å²) in [5.41, 5.74) is -0.514. The number of ether oxygens (including phenoxy) is 14. The van der Waals surface area contributed by atoms with Crippen LogP contribution in [0.5, 0.6) is 0 Å². The third-order valence-electron chi connectivity index (χ3n) is 5.56. The molecule has 0 atom stereocenters. The molecule has 0 heterocycles. The molecule has 0 unspecified atom stereocenters. The van der Waals surface area contributed by atoms with Crippen LogP contribution in [0.15, 0.2) is 0 Å². The maximum absolute atomic E-state index is 11.5.